The first kappa shape index (κ1) is 28.4. The molecule has 1 saturated carbocycles. The van der Waals surface area contributed by atoms with Gasteiger partial charge in [0.05, 0.1) is 25.3 Å². The summed E-state index contributed by atoms with van der Waals surface area (Å²) in [6.07, 6.45) is -1.60. The van der Waals surface area contributed by atoms with Crippen molar-refractivity contribution in [3.63, 3.8) is 0 Å². The van der Waals surface area contributed by atoms with E-state index < -0.39 is 48.1 Å². The number of likely N-dealkylation sites (tertiary alicyclic amines) is 1. The van der Waals surface area contributed by atoms with Crippen molar-refractivity contribution < 1.29 is 47.5 Å². The van der Waals surface area contributed by atoms with E-state index in [1.54, 1.807) is 0 Å². The van der Waals surface area contributed by atoms with E-state index in [9.17, 15) is 9.59 Å². The number of benzene rings is 1. The second kappa shape index (κ2) is 10.1. The van der Waals surface area contributed by atoms with Crippen molar-refractivity contribution >= 4 is 11.9 Å². The largest absolute Gasteiger partial charge is 0.457 e. The summed E-state index contributed by atoms with van der Waals surface area (Å²) in [5, 5.41) is 0. The van der Waals surface area contributed by atoms with Crippen LogP contribution in [0.4, 0.5) is 0 Å². The summed E-state index contributed by atoms with van der Waals surface area (Å²) in [6.45, 7) is 11.1. The van der Waals surface area contributed by atoms with Gasteiger partial charge in [-0.2, -0.15) is 0 Å². The Kier molecular flexibility index (Phi) is 6.82. The molecule has 42 heavy (non-hydrogen) atoms. The minimum Gasteiger partial charge on any atom is -0.457 e. The highest BCUT2D eigenvalue weighted by Crippen LogP contribution is 2.55. The Morgan fingerprint density at radius 1 is 0.857 bits per heavy atom. The fourth-order valence-corrected chi connectivity index (χ4v) is 7.59. The van der Waals surface area contributed by atoms with Crippen molar-refractivity contribution in [2.45, 2.75) is 114 Å². The lowest BCUT2D eigenvalue weighted by molar-refractivity contribution is -0.280. The van der Waals surface area contributed by atoms with E-state index in [0.717, 1.165) is 11.1 Å². The molecule has 4 heterocycles. The number of carbonyl (C=O) groups is 2. The summed E-state index contributed by atoms with van der Waals surface area (Å²) >= 11 is 0. The van der Waals surface area contributed by atoms with Gasteiger partial charge >= 0.3 is 11.9 Å². The quantitative estimate of drug-likeness (QED) is 0.295. The Balaban J connectivity index is 1.25. The van der Waals surface area contributed by atoms with E-state index in [0.29, 0.717) is 13.2 Å². The monoisotopic (exact) mass is 585 g/mol. The van der Waals surface area contributed by atoms with Crippen molar-refractivity contribution in [3.05, 3.63) is 47.5 Å². The van der Waals surface area contributed by atoms with Gasteiger partial charge in [-0.15, -0.1) is 0 Å². The molecule has 5 fully saturated rings. The molecule has 11 heteroatoms. The summed E-state index contributed by atoms with van der Waals surface area (Å²) in [5.41, 5.74) is 1.85. The maximum Gasteiger partial charge on any atom is 0.303 e. The molecule has 0 bridgehead atoms. The molecule has 0 radical (unpaired) electrons. The van der Waals surface area contributed by atoms with Gasteiger partial charge < -0.3 is 37.9 Å². The maximum atomic E-state index is 12.4. The van der Waals surface area contributed by atoms with Crippen molar-refractivity contribution in [1.29, 1.82) is 0 Å². The molecule has 6 aliphatic rings. The molecular weight excluding hydrogens is 546 g/mol. The molecule has 1 aromatic rings. The smallest absolute Gasteiger partial charge is 0.303 e. The molecule has 12 atom stereocenters. The lowest BCUT2D eigenvalue weighted by Gasteiger charge is -2.45. The number of esters is 2. The Hall–Kier alpha value is -2.38. The number of hydrogen-bond donors (Lipinski definition) is 0. The molecule has 0 aromatic heterocycles. The third kappa shape index (κ3) is 4.89. The van der Waals surface area contributed by atoms with E-state index in [-0.39, 0.29) is 42.4 Å². The molecule has 0 spiro atoms. The van der Waals surface area contributed by atoms with Crippen molar-refractivity contribution in [1.82, 2.24) is 4.90 Å². The van der Waals surface area contributed by atoms with E-state index in [1.165, 1.54) is 13.8 Å². The number of hydrogen-bond acceptors (Lipinski definition) is 11. The molecule has 11 nitrogen and oxygen atoms in total. The average molecular weight is 586 g/mol. The second-order valence-corrected chi connectivity index (χ2v) is 12.9. The van der Waals surface area contributed by atoms with Crippen LogP contribution < -0.4 is 0 Å². The van der Waals surface area contributed by atoms with Gasteiger partial charge in [0.1, 0.15) is 24.4 Å². The Bertz CT molecular complexity index is 1270. The zero-order chi connectivity index (χ0) is 29.6. The first-order chi connectivity index (χ1) is 19.9. The van der Waals surface area contributed by atoms with E-state index >= 15 is 0 Å². The third-order valence-electron chi connectivity index (χ3n) is 9.08. The molecule has 2 aliphatic carbocycles. The number of rotatable bonds is 4. The highest BCUT2D eigenvalue weighted by Gasteiger charge is 2.72. The van der Waals surface area contributed by atoms with Crippen LogP contribution in [0.5, 0.6) is 0 Å². The molecule has 7 rings (SSSR count). The Labute approximate surface area is 245 Å². The van der Waals surface area contributed by atoms with Crippen LogP contribution in [0.1, 0.15) is 53.4 Å². The van der Waals surface area contributed by atoms with E-state index in [1.807, 2.05) is 58.0 Å². The van der Waals surface area contributed by atoms with Gasteiger partial charge in [0.2, 0.25) is 0 Å². The Morgan fingerprint density at radius 3 is 2.26 bits per heavy atom. The van der Waals surface area contributed by atoms with Crippen LogP contribution in [0, 0.1) is 5.92 Å². The summed E-state index contributed by atoms with van der Waals surface area (Å²) in [5.74, 6) is -2.63. The molecule has 4 aliphatic heterocycles. The molecule has 1 aromatic carbocycles. The molecule has 0 N–H and O–H groups in total. The zero-order valence-electron chi connectivity index (χ0n) is 24.8. The lowest BCUT2D eigenvalue weighted by atomic mass is 9.82. The molecular formula is C31H39NO10. The standard InChI is InChI=1S/C31H39NO10/c1-15(33)37-26-22-21(19-14-35-29(17-10-8-7-9-11-17)39-24(19)27(26)38-16(2)34)32(22)20-12-18-13-36-30(3,4)40-23(18)28-25(20)41-31(5,6)42-28/h7-12,19-29H,13-14H2,1-6H3/t19-,20-,21-,22-,23+,24+,25-,26-,27-,28-,29?,32?/m0/s1. The van der Waals surface area contributed by atoms with Gasteiger partial charge in [0.25, 0.3) is 0 Å². The van der Waals surface area contributed by atoms with E-state index in [2.05, 4.69) is 11.0 Å². The third-order valence-corrected chi connectivity index (χ3v) is 9.08. The van der Waals surface area contributed by atoms with E-state index in [4.69, 9.17) is 37.9 Å². The first-order valence-corrected chi connectivity index (χ1v) is 14.7. The van der Waals surface area contributed by atoms with Crippen LogP contribution in [0.15, 0.2) is 42.0 Å². The van der Waals surface area contributed by atoms with Gasteiger partial charge in [-0.3, -0.25) is 14.5 Å². The Morgan fingerprint density at radius 2 is 1.55 bits per heavy atom. The number of nitrogens with zero attached hydrogens (tertiary/aromatic N) is 1. The molecule has 4 saturated heterocycles. The highest BCUT2D eigenvalue weighted by molar-refractivity contribution is 5.68. The van der Waals surface area contributed by atoms with Crippen molar-refractivity contribution in [3.8, 4) is 0 Å². The first-order valence-electron chi connectivity index (χ1n) is 14.7. The van der Waals surface area contributed by atoms with Crippen LogP contribution in [0.25, 0.3) is 0 Å². The fourth-order valence-electron chi connectivity index (χ4n) is 7.59. The summed E-state index contributed by atoms with van der Waals surface area (Å²) in [6, 6.07) is 9.09. The second-order valence-electron chi connectivity index (χ2n) is 12.9. The minimum absolute atomic E-state index is 0.0730. The molecule has 228 valence electrons. The number of carbonyl (C=O) groups excluding carboxylic acids is 2. The number of fused-ring (bicyclic) bond motifs is 6. The van der Waals surface area contributed by atoms with Crippen molar-refractivity contribution in [2.24, 2.45) is 5.92 Å². The van der Waals surface area contributed by atoms with Crippen LogP contribution in [0.3, 0.4) is 0 Å². The molecule has 2 unspecified atom stereocenters. The SMILES string of the molecule is CC(=O)O[C@H]1[C@@H]2OC(c3ccccc3)OC[C@H]2[C@H]2[C@@H]([C@@H]1OC(C)=O)N2[C@H]1C=C2COC(C)(C)O[C@H]2[C@@H]2OC(C)(C)O[C@H]21. The van der Waals surface area contributed by atoms with Crippen LogP contribution >= 0.6 is 0 Å². The fraction of sp³-hybridized carbons (Fsp3) is 0.677. The van der Waals surface area contributed by atoms with Gasteiger partial charge in [-0.25, -0.2) is 0 Å². The minimum atomic E-state index is -0.818. The van der Waals surface area contributed by atoms with Crippen molar-refractivity contribution in [2.75, 3.05) is 13.2 Å². The van der Waals surface area contributed by atoms with Crippen LogP contribution in [-0.4, -0.2) is 96.4 Å². The predicted octanol–water partition coefficient (Wildman–Crippen LogP) is 2.63. The highest BCUT2D eigenvalue weighted by atomic mass is 16.8. The normalized spacial score (nSPS) is 44.4. The summed E-state index contributed by atoms with van der Waals surface area (Å²) in [7, 11) is 0. The maximum absolute atomic E-state index is 12.4. The van der Waals surface area contributed by atoms with Gasteiger partial charge in [-0.05, 0) is 33.3 Å². The average Bonchev–Trinajstić information content (AvgIpc) is 3.57. The van der Waals surface area contributed by atoms with Crippen LogP contribution in [-0.2, 0) is 47.5 Å². The topological polar surface area (TPSA) is 111 Å². The lowest BCUT2D eigenvalue weighted by Crippen LogP contribution is -2.58. The van der Waals surface area contributed by atoms with Gasteiger partial charge in [0, 0.05) is 31.4 Å². The summed E-state index contributed by atoms with van der Waals surface area (Å²) in [4.78, 5) is 27.1. The predicted molar refractivity (Wildman–Crippen MR) is 145 cm³/mol. The van der Waals surface area contributed by atoms with Gasteiger partial charge in [0.15, 0.2) is 30.1 Å². The number of ether oxygens (including phenoxy) is 8. The molecule has 0 amide bonds. The summed E-state index contributed by atoms with van der Waals surface area (Å²) < 4.78 is 49.9. The zero-order valence-corrected chi connectivity index (χ0v) is 24.8. The van der Waals surface area contributed by atoms with Gasteiger partial charge in [-0.1, -0.05) is 36.4 Å². The van der Waals surface area contributed by atoms with Crippen LogP contribution in [0.2, 0.25) is 0 Å².